The molecule has 0 unspecified atom stereocenters. The largest absolute Gasteiger partial charge is 0.369 e. The maximum Gasteiger partial charge on any atom is 0.0447 e. The number of likely N-dealkylation sites (tertiary alicyclic amines) is 1. The highest BCUT2D eigenvalue weighted by Crippen LogP contribution is 2.22. The maximum absolute atomic E-state index is 4.18. The van der Waals surface area contributed by atoms with Gasteiger partial charge in [0.2, 0.25) is 0 Å². The smallest absolute Gasteiger partial charge is 0.0447 e. The van der Waals surface area contributed by atoms with Gasteiger partial charge in [0, 0.05) is 51.0 Å². The van der Waals surface area contributed by atoms with Crippen LogP contribution in [0.4, 0.5) is 0 Å². The van der Waals surface area contributed by atoms with E-state index in [0.29, 0.717) is 0 Å². The van der Waals surface area contributed by atoms with Crippen molar-refractivity contribution in [3.8, 4) is 0 Å². The Morgan fingerprint density at radius 1 is 1.21 bits per heavy atom. The highest BCUT2D eigenvalue weighted by atomic mass is 15.3. The Balaban J connectivity index is 1.78. The van der Waals surface area contributed by atoms with Crippen molar-refractivity contribution in [2.75, 3.05) is 46.3 Å². The third-order valence-electron chi connectivity index (χ3n) is 4.35. The molecule has 0 aromatic rings. The van der Waals surface area contributed by atoms with Crippen molar-refractivity contribution in [2.45, 2.75) is 19.4 Å². The topological polar surface area (TPSA) is 9.72 Å². The summed E-state index contributed by atoms with van der Waals surface area (Å²) >= 11 is 0. The van der Waals surface area contributed by atoms with Crippen molar-refractivity contribution < 1.29 is 0 Å². The molecule has 0 bridgehead atoms. The predicted molar refractivity (Wildman–Crippen MR) is 82.1 cm³/mol. The van der Waals surface area contributed by atoms with Gasteiger partial charge in [-0.2, -0.15) is 0 Å². The Kier molecular flexibility index (Phi) is 4.83. The molecule has 19 heavy (non-hydrogen) atoms. The van der Waals surface area contributed by atoms with Crippen LogP contribution in [0.5, 0.6) is 0 Å². The molecule has 2 fully saturated rings. The summed E-state index contributed by atoms with van der Waals surface area (Å²) in [4.78, 5) is 7.41. The molecule has 2 saturated heterocycles. The summed E-state index contributed by atoms with van der Waals surface area (Å²) in [5, 5.41) is 0. The number of nitrogens with zero attached hydrogens (tertiary/aromatic N) is 3. The van der Waals surface area contributed by atoms with Crippen molar-refractivity contribution in [3.63, 3.8) is 0 Å². The fraction of sp³-hybridized carbons (Fsp3) is 0.625. The third kappa shape index (κ3) is 3.48. The van der Waals surface area contributed by atoms with E-state index in [2.05, 4.69) is 47.9 Å². The molecule has 0 aromatic heterocycles. The standard InChI is InChI=1S/C16H27N3/c1-5-15(6-2)11-14(3)19-12-16(13-19)18-9-7-17(4)8-10-18/h5,11,16H,1,3,6-10,12-13H2,2,4H3/b15-11+. The van der Waals surface area contributed by atoms with Gasteiger partial charge in [-0.25, -0.2) is 0 Å². The van der Waals surface area contributed by atoms with Gasteiger partial charge in [-0.15, -0.1) is 0 Å². The first-order chi connectivity index (χ1) is 9.13. The molecular formula is C16H27N3. The van der Waals surface area contributed by atoms with E-state index in [1.165, 1.54) is 31.8 Å². The van der Waals surface area contributed by atoms with Crippen molar-refractivity contribution in [2.24, 2.45) is 0 Å². The lowest BCUT2D eigenvalue weighted by Gasteiger charge is -2.49. The number of likely N-dealkylation sites (N-methyl/N-ethyl adjacent to an activating group) is 1. The summed E-state index contributed by atoms with van der Waals surface area (Å²) in [6.45, 7) is 17.3. The minimum atomic E-state index is 0.729. The lowest BCUT2D eigenvalue weighted by Crippen LogP contribution is -2.62. The fourth-order valence-electron chi connectivity index (χ4n) is 2.72. The highest BCUT2D eigenvalue weighted by Gasteiger charge is 2.33. The highest BCUT2D eigenvalue weighted by molar-refractivity contribution is 5.27. The van der Waals surface area contributed by atoms with E-state index in [9.17, 15) is 0 Å². The van der Waals surface area contributed by atoms with Crippen LogP contribution in [0.2, 0.25) is 0 Å². The van der Waals surface area contributed by atoms with E-state index < -0.39 is 0 Å². The Labute approximate surface area is 117 Å². The first-order valence-corrected chi connectivity index (χ1v) is 7.33. The molecule has 106 valence electrons. The zero-order chi connectivity index (χ0) is 13.8. The minimum absolute atomic E-state index is 0.729. The zero-order valence-electron chi connectivity index (χ0n) is 12.4. The summed E-state index contributed by atoms with van der Waals surface area (Å²) < 4.78 is 0. The van der Waals surface area contributed by atoms with Crippen LogP contribution in [0.1, 0.15) is 13.3 Å². The molecular weight excluding hydrogens is 234 g/mol. The van der Waals surface area contributed by atoms with E-state index in [1.807, 2.05) is 6.08 Å². The zero-order valence-corrected chi connectivity index (χ0v) is 12.4. The van der Waals surface area contributed by atoms with Gasteiger partial charge >= 0.3 is 0 Å². The monoisotopic (exact) mass is 261 g/mol. The first-order valence-electron chi connectivity index (χ1n) is 7.33. The number of rotatable bonds is 5. The maximum atomic E-state index is 4.18. The van der Waals surface area contributed by atoms with E-state index in [4.69, 9.17) is 0 Å². The quantitative estimate of drug-likeness (QED) is 0.701. The molecule has 0 atom stereocenters. The Morgan fingerprint density at radius 2 is 1.84 bits per heavy atom. The van der Waals surface area contributed by atoms with Crippen LogP contribution in [0.3, 0.4) is 0 Å². The molecule has 2 rings (SSSR count). The molecule has 2 aliphatic heterocycles. The van der Waals surface area contributed by atoms with E-state index in [1.54, 1.807) is 0 Å². The fourth-order valence-corrected chi connectivity index (χ4v) is 2.72. The van der Waals surface area contributed by atoms with Gasteiger partial charge in [-0.3, -0.25) is 4.90 Å². The molecule has 0 amide bonds. The second kappa shape index (κ2) is 6.40. The van der Waals surface area contributed by atoms with Crippen molar-refractivity contribution in [1.82, 2.24) is 14.7 Å². The molecule has 0 radical (unpaired) electrons. The Morgan fingerprint density at radius 3 is 2.37 bits per heavy atom. The van der Waals surface area contributed by atoms with Crippen molar-refractivity contribution >= 4 is 0 Å². The molecule has 2 aliphatic rings. The van der Waals surface area contributed by atoms with Crippen LogP contribution >= 0.6 is 0 Å². The average Bonchev–Trinajstić information content (AvgIpc) is 2.36. The van der Waals surface area contributed by atoms with Gasteiger partial charge in [0.25, 0.3) is 0 Å². The summed E-state index contributed by atoms with van der Waals surface area (Å²) in [5.41, 5.74) is 2.41. The molecule has 0 aliphatic carbocycles. The molecule has 2 heterocycles. The molecule has 3 heteroatoms. The van der Waals surface area contributed by atoms with E-state index in [-0.39, 0.29) is 0 Å². The summed E-state index contributed by atoms with van der Waals surface area (Å²) in [7, 11) is 2.21. The SMILES string of the molecule is C=C/C(=C\C(=C)N1CC(N2CCN(C)CC2)C1)CC. The summed E-state index contributed by atoms with van der Waals surface area (Å²) in [6, 6.07) is 0.729. The third-order valence-corrected chi connectivity index (χ3v) is 4.35. The van der Waals surface area contributed by atoms with Gasteiger partial charge < -0.3 is 9.80 Å². The second-order valence-corrected chi connectivity index (χ2v) is 5.67. The number of allylic oxidation sites excluding steroid dienone is 3. The Hall–Kier alpha value is -1.06. The van der Waals surface area contributed by atoms with Crippen molar-refractivity contribution in [3.05, 3.63) is 36.6 Å². The Bertz CT molecular complexity index is 358. The first kappa shape index (κ1) is 14.4. The van der Waals surface area contributed by atoms with Gasteiger partial charge in [-0.1, -0.05) is 26.2 Å². The van der Waals surface area contributed by atoms with Gasteiger partial charge in [0.05, 0.1) is 0 Å². The molecule has 0 N–H and O–H groups in total. The van der Waals surface area contributed by atoms with Crippen LogP contribution in [-0.2, 0) is 0 Å². The van der Waals surface area contributed by atoms with E-state index in [0.717, 1.165) is 31.2 Å². The van der Waals surface area contributed by atoms with Crippen LogP contribution in [0.15, 0.2) is 36.6 Å². The molecule has 0 saturated carbocycles. The van der Waals surface area contributed by atoms with Crippen LogP contribution in [-0.4, -0.2) is 67.1 Å². The number of hydrogen-bond acceptors (Lipinski definition) is 3. The number of piperazine rings is 1. The molecule has 3 nitrogen and oxygen atoms in total. The number of hydrogen-bond donors (Lipinski definition) is 0. The lowest BCUT2D eigenvalue weighted by molar-refractivity contribution is 0.0292. The van der Waals surface area contributed by atoms with Crippen LogP contribution in [0, 0.1) is 0 Å². The van der Waals surface area contributed by atoms with Gasteiger partial charge in [0.1, 0.15) is 0 Å². The second-order valence-electron chi connectivity index (χ2n) is 5.67. The van der Waals surface area contributed by atoms with Crippen LogP contribution in [0.25, 0.3) is 0 Å². The predicted octanol–water partition coefficient (Wildman–Crippen LogP) is 1.95. The average molecular weight is 261 g/mol. The normalized spacial score (nSPS) is 23.3. The van der Waals surface area contributed by atoms with Gasteiger partial charge in [-0.05, 0) is 25.1 Å². The summed E-state index contributed by atoms with van der Waals surface area (Å²) in [5.74, 6) is 0. The molecule has 0 spiro atoms. The van der Waals surface area contributed by atoms with Gasteiger partial charge in [0.15, 0.2) is 0 Å². The lowest BCUT2D eigenvalue weighted by atomic mass is 10.0. The van der Waals surface area contributed by atoms with Crippen molar-refractivity contribution in [1.29, 1.82) is 0 Å². The molecule has 0 aromatic carbocycles. The van der Waals surface area contributed by atoms with Crippen LogP contribution < -0.4 is 0 Å². The minimum Gasteiger partial charge on any atom is -0.369 e. The van der Waals surface area contributed by atoms with E-state index >= 15 is 0 Å². The summed E-state index contributed by atoms with van der Waals surface area (Å²) in [6.07, 6.45) is 5.13.